The van der Waals surface area contributed by atoms with Gasteiger partial charge in [0, 0.05) is 26.2 Å². The number of nitrogens with zero attached hydrogens (tertiary/aromatic N) is 4. The summed E-state index contributed by atoms with van der Waals surface area (Å²) in [5.41, 5.74) is 0.488. The van der Waals surface area contributed by atoms with E-state index in [0.29, 0.717) is 5.41 Å². The highest BCUT2D eigenvalue weighted by atomic mass is 15.3. The van der Waals surface area contributed by atoms with Crippen molar-refractivity contribution in [2.24, 2.45) is 5.41 Å². The van der Waals surface area contributed by atoms with Crippen molar-refractivity contribution < 1.29 is 0 Å². The molecule has 0 bridgehead atoms. The maximum absolute atomic E-state index is 4.19. The van der Waals surface area contributed by atoms with Gasteiger partial charge in [0.05, 0.1) is 6.54 Å². The van der Waals surface area contributed by atoms with E-state index in [4.69, 9.17) is 0 Å². The Morgan fingerprint density at radius 1 is 1.47 bits per heavy atom. The van der Waals surface area contributed by atoms with Gasteiger partial charge in [0.1, 0.15) is 12.2 Å². The fourth-order valence-electron chi connectivity index (χ4n) is 3.07. The Kier molecular flexibility index (Phi) is 2.88. The fraction of sp³-hybridized carbons (Fsp3) is 0.833. The molecule has 1 aromatic rings. The van der Waals surface area contributed by atoms with Crippen LogP contribution in [0.1, 0.15) is 25.6 Å². The normalized spacial score (nSPS) is 29.5. The monoisotopic (exact) mass is 235 g/mol. The van der Waals surface area contributed by atoms with Crippen LogP contribution in [0.25, 0.3) is 0 Å². The van der Waals surface area contributed by atoms with Crippen molar-refractivity contribution in [3.05, 3.63) is 12.2 Å². The van der Waals surface area contributed by atoms with E-state index in [1.807, 2.05) is 6.33 Å². The first kappa shape index (κ1) is 11.2. The van der Waals surface area contributed by atoms with Gasteiger partial charge in [0.25, 0.3) is 0 Å². The van der Waals surface area contributed by atoms with Crippen molar-refractivity contribution in [1.82, 2.24) is 25.0 Å². The Bertz CT molecular complexity index is 380. The summed E-state index contributed by atoms with van der Waals surface area (Å²) in [7, 11) is 0. The third kappa shape index (κ3) is 2.09. The molecule has 1 fully saturated rings. The molecular formula is C12H21N5. The Morgan fingerprint density at radius 3 is 3.18 bits per heavy atom. The Morgan fingerprint density at radius 2 is 2.41 bits per heavy atom. The minimum Gasteiger partial charge on any atom is -0.316 e. The quantitative estimate of drug-likeness (QED) is 0.828. The summed E-state index contributed by atoms with van der Waals surface area (Å²) in [5, 5.41) is 11.7. The number of rotatable bonds is 3. The maximum Gasteiger partial charge on any atom is 0.147 e. The molecule has 2 aliphatic heterocycles. The lowest BCUT2D eigenvalue weighted by atomic mass is 9.83. The molecule has 2 aliphatic rings. The second kappa shape index (κ2) is 4.38. The summed E-state index contributed by atoms with van der Waals surface area (Å²) >= 11 is 0. The average molecular weight is 235 g/mol. The van der Waals surface area contributed by atoms with Gasteiger partial charge in [-0.05, 0) is 24.8 Å². The smallest absolute Gasteiger partial charge is 0.147 e. The standard InChI is InChI=1S/C12H21N5/c1-2-12(3-4-13-8-12)9-16-5-6-17-10-14-15-11(17)7-16/h10,13H,2-9H2,1H3. The highest BCUT2D eigenvalue weighted by Crippen LogP contribution is 2.31. The van der Waals surface area contributed by atoms with Crippen molar-refractivity contribution >= 4 is 0 Å². The van der Waals surface area contributed by atoms with Crippen LogP contribution in [0.15, 0.2) is 6.33 Å². The van der Waals surface area contributed by atoms with Gasteiger partial charge in [0.2, 0.25) is 0 Å². The molecule has 3 heterocycles. The lowest BCUT2D eigenvalue weighted by molar-refractivity contribution is 0.129. The molecule has 5 nitrogen and oxygen atoms in total. The van der Waals surface area contributed by atoms with E-state index in [9.17, 15) is 0 Å². The van der Waals surface area contributed by atoms with Crippen molar-refractivity contribution in [2.75, 3.05) is 26.2 Å². The van der Waals surface area contributed by atoms with Crippen molar-refractivity contribution in [1.29, 1.82) is 0 Å². The first-order valence-electron chi connectivity index (χ1n) is 6.61. The first-order valence-corrected chi connectivity index (χ1v) is 6.61. The molecule has 1 unspecified atom stereocenters. The van der Waals surface area contributed by atoms with Crippen LogP contribution < -0.4 is 5.32 Å². The Balaban J connectivity index is 1.67. The Labute approximate surface area is 102 Å². The molecule has 0 aromatic carbocycles. The lowest BCUT2D eigenvalue weighted by Crippen LogP contribution is -2.42. The van der Waals surface area contributed by atoms with Gasteiger partial charge in [-0.2, -0.15) is 0 Å². The van der Waals surface area contributed by atoms with Crippen LogP contribution in [0.2, 0.25) is 0 Å². The van der Waals surface area contributed by atoms with Gasteiger partial charge < -0.3 is 9.88 Å². The molecule has 0 saturated carbocycles. The first-order chi connectivity index (χ1) is 8.31. The fourth-order valence-corrected chi connectivity index (χ4v) is 3.07. The van der Waals surface area contributed by atoms with E-state index in [2.05, 4.69) is 31.9 Å². The molecule has 0 radical (unpaired) electrons. The molecule has 1 atom stereocenters. The number of aromatic nitrogens is 3. The molecule has 17 heavy (non-hydrogen) atoms. The molecule has 1 saturated heterocycles. The van der Waals surface area contributed by atoms with Gasteiger partial charge in [0.15, 0.2) is 0 Å². The van der Waals surface area contributed by atoms with Crippen molar-refractivity contribution in [3.8, 4) is 0 Å². The maximum atomic E-state index is 4.19. The zero-order valence-electron chi connectivity index (χ0n) is 10.5. The summed E-state index contributed by atoms with van der Waals surface area (Å²) in [6.45, 7) is 9.00. The van der Waals surface area contributed by atoms with Crippen molar-refractivity contribution in [3.63, 3.8) is 0 Å². The minimum absolute atomic E-state index is 0.488. The van der Waals surface area contributed by atoms with Crippen LogP contribution in [0.4, 0.5) is 0 Å². The molecule has 0 amide bonds. The van der Waals surface area contributed by atoms with Gasteiger partial charge in [-0.15, -0.1) is 10.2 Å². The molecule has 5 heteroatoms. The zero-order chi connectivity index (χ0) is 11.7. The summed E-state index contributed by atoms with van der Waals surface area (Å²) in [5.74, 6) is 1.12. The predicted molar refractivity (Wildman–Crippen MR) is 65.5 cm³/mol. The van der Waals surface area contributed by atoms with Crippen molar-refractivity contribution in [2.45, 2.75) is 32.9 Å². The largest absolute Gasteiger partial charge is 0.316 e. The molecule has 1 N–H and O–H groups in total. The number of hydrogen-bond donors (Lipinski definition) is 1. The minimum atomic E-state index is 0.488. The number of hydrogen-bond acceptors (Lipinski definition) is 4. The van der Waals surface area contributed by atoms with Gasteiger partial charge in [-0.25, -0.2) is 0 Å². The number of nitrogens with one attached hydrogen (secondary N) is 1. The molecule has 3 rings (SSSR count). The average Bonchev–Trinajstić information content (AvgIpc) is 2.97. The van der Waals surface area contributed by atoms with E-state index in [1.54, 1.807) is 0 Å². The predicted octanol–water partition coefficient (Wildman–Crippen LogP) is 0.483. The molecule has 0 spiro atoms. The van der Waals surface area contributed by atoms with Gasteiger partial charge >= 0.3 is 0 Å². The van der Waals surface area contributed by atoms with Crippen LogP contribution in [-0.2, 0) is 13.1 Å². The highest BCUT2D eigenvalue weighted by molar-refractivity contribution is 4.94. The summed E-state index contributed by atoms with van der Waals surface area (Å²) in [6.07, 6.45) is 4.43. The third-order valence-corrected chi connectivity index (χ3v) is 4.36. The Hall–Kier alpha value is -0.940. The van der Waals surface area contributed by atoms with Crippen LogP contribution >= 0.6 is 0 Å². The highest BCUT2D eigenvalue weighted by Gasteiger charge is 2.34. The summed E-state index contributed by atoms with van der Waals surface area (Å²) in [4.78, 5) is 2.54. The van der Waals surface area contributed by atoms with Crippen LogP contribution in [0.5, 0.6) is 0 Å². The van der Waals surface area contributed by atoms with E-state index in [0.717, 1.165) is 25.5 Å². The second-order valence-electron chi connectivity index (χ2n) is 5.43. The second-order valence-corrected chi connectivity index (χ2v) is 5.43. The number of fused-ring (bicyclic) bond motifs is 1. The van der Waals surface area contributed by atoms with E-state index in [-0.39, 0.29) is 0 Å². The zero-order valence-corrected chi connectivity index (χ0v) is 10.5. The molecule has 1 aromatic heterocycles. The van der Waals surface area contributed by atoms with E-state index in [1.165, 1.54) is 32.5 Å². The molecular weight excluding hydrogens is 214 g/mol. The van der Waals surface area contributed by atoms with Gasteiger partial charge in [-0.3, -0.25) is 4.90 Å². The van der Waals surface area contributed by atoms with E-state index < -0.39 is 0 Å². The molecule has 0 aliphatic carbocycles. The summed E-state index contributed by atoms with van der Waals surface area (Å²) < 4.78 is 2.17. The lowest BCUT2D eigenvalue weighted by Gasteiger charge is -2.36. The molecule has 94 valence electrons. The van der Waals surface area contributed by atoms with Crippen LogP contribution in [-0.4, -0.2) is 45.8 Å². The topological polar surface area (TPSA) is 46.0 Å². The summed E-state index contributed by atoms with van der Waals surface area (Å²) in [6, 6.07) is 0. The van der Waals surface area contributed by atoms with E-state index >= 15 is 0 Å². The van der Waals surface area contributed by atoms with Crippen LogP contribution in [0.3, 0.4) is 0 Å². The van der Waals surface area contributed by atoms with Gasteiger partial charge in [-0.1, -0.05) is 6.92 Å². The third-order valence-electron chi connectivity index (χ3n) is 4.36. The SMILES string of the molecule is CCC1(CN2CCn3cnnc3C2)CCNC1. The van der Waals surface area contributed by atoms with Crippen LogP contribution in [0, 0.1) is 5.41 Å².